The second-order valence-corrected chi connectivity index (χ2v) is 11.7. The smallest absolute Gasteiger partial charge is 0.257 e. The van der Waals surface area contributed by atoms with Crippen molar-refractivity contribution < 1.29 is 24.0 Å². The van der Waals surface area contributed by atoms with Gasteiger partial charge in [0.15, 0.2) is 12.3 Å². The third kappa shape index (κ3) is 5.46. The van der Waals surface area contributed by atoms with Crippen LogP contribution in [-0.2, 0) is 37.1 Å². The average molecular weight is 593 g/mol. The minimum absolute atomic E-state index is 0.150. The Balaban J connectivity index is 1.33. The Hall–Kier alpha value is -4.89. The molecule has 9 nitrogen and oxygen atoms in total. The Morgan fingerprint density at radius 3 is 2.14 bits per heavy atom. The van der Waals surface area contributed by atoms with Crippen LogP contribution >= 0.6 is 0 Å². The molecule has 2 aliphatic rings. The number of nitrogens with two attached hydrogens (primary N) is 1. The molecule has 6 rings (SSSR count). The van der Waals surface area contributed by atoms with E-state index in [0.29, 0.717) is 6.54 Å². The Bertz CT molecular complexity index is 1740. The van der Waals surface area contributed by atoms with Crippen LogP contribution in [-0.4, -0.2) is 57.4 Å². The van der Waals surface area contributed by atoms with Gasteiger partial charge in [-0.25, -0.2) is 0 Å². The van der Waals surface area contributed by atoms with Gasteiger partial charge in [0.1, 0.15) is 12.6 Å². The number of carbonyl (C=O) groups is 3. The Kier molecular flexibility index (Phi) is 7.97. The van der Waals surface area contributed by atoms with E-state index in [2.05, 4.69) is 6.58 Å². The molecule has 226 valence electrons. The predicted octanol–water partition coefficient (Wildman–Crippen LogP) is 4.69. The molecular formula is C35H36N4O5. The first-order chi connectivity index (χ1) is 21.2. The van der Waals surface area contributed by atoms with Crippen LogP contribution in [0.4, 0.5) is 0 Å². The van der Waals surface area contributed by atoms with Gasteiger partial charge in [-0.1, -0.05) is 98.8 Å². The summed E-state index contributed by atoms with van der Waals surface area (Å²) in [6.07, 6.45) is -2.28. The Morgan fingerprint density at radius 1 is 0.909 bits per heavy atom. The van der Waals surface area contributed by atoms with Crippen molar-refractivity contribution in [3.63, 3.8) is 0 Å². The van der Waals surface area contributed by atoms with Crippen LogP contribution in [0.15, 0.2) is 97.4 Å². The van der Waals surface area contributed by atoms with E-state index in [1.165, 1.54) is 9.96 Å². The molecule has 0 bridgehead atoms. The van der Waals surface area contributed by atoms with Gasteiger partial charge in [-0.2, -0.15) is 5.06 Å². The van der Waals surface area contributed by atoms with Crippen LogP contribution in [0.3, 0.4) is 0 Å². The van der Waals surface area contributed by atoms with Gasteiger partial charge >= 0.3 is 0 Å². The molecule has 4 aromatic carbocycles. The summed E-state index contributed by atoms with van der Waals surface area (Å²) in [5, 5.41) is 5.72. The van der Waals surface area contributed by atoms with Crippen LogP contribution in [0.2, 0.25) is 0 Å². The fourth-order valence-electron chi connectivity index (χ4n) is 6.32. The molecule has 2 fully saturated rings. The van der Waals surface area contributed by atoms with Crippen molar-refractivity contribution in [3.05, 3.63) is 109 Å². The molecule has 9 heteroatoms. The highest BCUT2D eigenvalue weighted by atomic mass is 16.7. The van der Waals surface area contributed by atoms with Gasteiger partial charge < -0.3 is 20.3 Å². The number of carbonyl (C=O) groups excluding carboxylic acids is 3. The molecule has 4 aromatic rings. The van der Waals surface area contributed by atoms with Crippen LogP contribution in [0.25, 0.3) is 21.5 Å². The second kappa shape index (κ2) is 12.0. The quantitative estimate of drug-likeness (QED) is 0.283. The number of primary amides is 1. The van der Waals surface area contributed by atoms with Crippen molar-refractivity contribution in [2.75, 3.05) is 6.54 Å². The molecular weight excluding hydrogens is 556 g/mol. The van der Waals surface area contributed by atoms with E-state index >= 15 is 0 Å². The number of rotatable bonds is 9. The summed E-state index contributed by atoms with van der Waals surface area (Å²) in [6, 6.07) is 27.3. The number of piperazine rings is 1. The minimum Gasteiger partial charge on any atom is -0.473 e. The summed E-state index contributed by atoms with van der Waals surface area (Å²) >= 11 is 0. The number of hydrogen-bond donors (Lipinski definition) is 1. The fourth-order valence-corrected chi connectivity index (χ4v) is 6.32. The number of hydrogen-bond acceptors (Lipinski definition) is 6. The summed E-state index contributed by atoms with van der Waals surface area (Å²) in [5.41, 5.74) is 7.46. The topological polar surface area (TPSA) is 105 Å². The fraction of sp³-hybridized carbons (Fsp3) is 0.286. The molecule has 2 aliphatic heterocycles. The van der Waals surface area contributed by atoms with E-state index in [-0.39, 0.29) is 37.3 Å². The molecule has 2 N–H and O–H groups in total. The molecule has 3 atom stereocenters. The van der Waals surface area contributed by atoms with Crippen LogP contribution in [0.1, 0.15) is 31.4 Å². The first-order valence-corrected chi connectivity index (χ1v) is 14.8. The van der Waals surface area contributed by atoms with Crippen molar-refractivity contribution >= 4 is 39.3 Å². The van der Waals surface area contributed by atoms with E-state index in [9.17, 15) is 14.4 Å². The van der Waals surface area contributed by atoms with Crippen LogP contribution in [0.5, 0.6) is 0 Å². The lowest BCUT2D eigenvalue weighted by molar-refractivity contribution is -0.287. The summed E-state index contributed by atoms with van der Waals surface area (Å²) in [7, 11) is 0. The third-order valence-corrected chi connectivity index (χ3v) is 8.39. The summed E-state index contributed by atoms with van der Waals surface area (Å²) < 4.78 is 6.20. The van der Waals surface area contributed by atoms with Gasteiger partial charge in [0, 0.05) is 6.54 Å². The van der Waals surface area contributed by atoms with Crippen molar-refractivity contribution in [3.8, 4) is 0 Å². The van der Waals surface area contributed by atoms with Gasteiger partial charge in [0.25, 0.3) is 5.91 Å². The molecule has 0 aromatic heterocycles. The number of ether oxygens (including phenoxy) is 1. The normalized spacial score (nSPS) is 20.3. The Morgan fingerprint density at radius 2 is 1.50 bits per heavy atom. The maximum absolute atomic E-state index is 14.1. The van der Waals surface area contributed by atoms with Crippen molar-refractivity contribution in [1.29, 1.82) is 0 Å². The number of amides is 3. The van der Waals surface area contributed by atoms with E-state index in [1.807, 2.05) is 98.8 Å². The van der Waals surface area contributed by atoms with Gasteiger partial charge in [-0.05, 0) is 45.2 Å². The molecule has 44 heavy (non-hydrogen) atoms. The van der Waals surface area contributed by atoms with E-state index in [1.54, 1.807) is 4.90 Å². The zero-order chi connectivity index (χ0) is 31.0. The lowest BCUT2D eigenvalue weighted by Crippen LogP contribution is -2.73. The van der Waals surface area contributed by atoms with E-state index in [4.69, 9.17) is 15.3 Å². The zero-order valence-corrected chi connectivity index (χ0v) is 24.9. The van der Waals surface area contributed by atoms with Gasteiger partial charge in [-0.15, -0.1) is 0 Å². The number of nitrogens with zero attached hydrogens (tertiary/aromatic N) is 3. The lowest BCUT2D eigenvalue weighted by Gasteiger charge is -2.54. The molecule has 3 amide bonds. The summed E-state index contributed by atoms with van der Waals surface area (Å²) in [6.45, 7) is 8.68. The maximum Gasteiger partial charge on any atom is 0.257 e. The minimum atomic E-state index is -1.21. The van der Waals surface area contributed by atoms with Gasteiger partial charge in [-0.3, -0.25) is 19.2 Å². The molecule has 1 unspecified atom stereocenters. The first-order valence-electron chi connectivity index (χ1n) is 14.8. The maximum atomic E-state index is 14.1. The summed E-state index contributed by atoms with van der Waals surface area (Å²) in [5.74, 6) is -1.37. The molecule has 0 saturated carbocycles. The van der Waals surface area contributed by atoms with E-state index < -0.39 is 30.1 Å². The number of hydroxylamine groups is 2. The lowest BCUT2D eigenvalue weighted by atomic mass is 9.94. The molecule has 2 heterocycles. The van der Waals surface area contributed by atoms with Crippen LogP contribution < -0.4 is 5.73 Å². The van der Waals surface area contributed by atoms with Crippen molar-refractivity contribution in [1.82, 2.24) is 14.9 Å². The average Bonchev–Trinajstić information content (AvgIpc) is 3.01. The highest BCUT2D eigenvalue weighted by Crippen LogP contribution is 2.35. The molecule has 0 aliphatic carbocycles. The molecule has 0 radical (unpaired) electrons. The largest absolute Gasteiger partial charge is 0.473 e. The van der Waals surface area contributed by atoms with Crippen molar-refractivity contribution in [2.45, 2.75) is 51.7 Å². The molecule has 2 saturated heterocycles. The summed E-state index contributed by atoms with van der Waals surface area (Å²) in [4.78, 5) is 49.3. The molecule has 0 spiro atoms. The highest BCUT2D eigenvalue weighted by Gasteiger charge is 2.53. The SMILES string of the molecule is C=C(OCc1cccc2ccccc12)N1O[C@H](CC(N)=O)C(=O)N2C1CN(Cc1cccc3ccccc13)C(=O)[C@@H]2C(C)C. The Labute approximate surface area is 256 Å². The highest BCUT2D eigenvalue weighted by molar-refractivity contribution is 5.94. The zero-order valence-electron chi connectivity index (χ0n) is 24.9. The number of benzene rings is 4. The predicted molar refractivity (Wildman–Crippen MR) is 167 cm³/mol. The number of fused-ring (bicyclic) bond motifs is 3. The third-order valence-electron chi connectivity index (χ3n) is 8.39. The van der Waals surface area contributed by atoms with E-state index in [0.717, 1.165) is 32.7 Å². The van der Waals surface area contributed by atoms with Crippen molar-refractivity contribution in [2.24, 2.45) is 11.7 Å². The second-order valence-electron chi connectivity index (χ2n) is 11.7. The monoisotopic (exact) mass is 592 g/mol. The van der Waals surface area contributed by atoms with Gasteiger partial charge in [0.2, 0.25) is 17.7 Å². The first kappa shape index (κ1) is 29.2. The van der Waals surface area contributed by atoms with Crippen LogP contribution in [0, 0.1) is 5.92 Å². The standard InChI is InChI=1S/C35H36N4O5/c1-22(2)33-35(42)37(19-26-14-8-12-24-10-4-6-16-28(24)26)20-32-38(33)34(41)30(18-31(36)40)44-39(32)23(3)43-21-27-15-9-13-25-11-5-7-17-29(25)27/h4-17,22,30,32-33H,3,18-21H2,1-2H3,(H2,36,40)/t30-,32?,33+/m1/s1. The van der Waals surface area contributed by atoms with Gasteiger partial charge in [0.05, 0.1) is 13.0 Å².